The normalized spacial score (nSPS) is 14.7. The summed E-state index contributed by atoms with van der Waals surface area (Å²) in [6.07, 6.45) is 7.18. The van der Waals surface area contributed by atoms with Crippen molar-refractivity contribution >= 4 is 33.1 Å². The van der Waals surface area contributed by atoms with E-state index in [1.165, 1.54) is 15.4 Å². The fourth-order valence-electron chi connectivity index (χ4n) is 3.51. The van der Waals surface area contributed by atoms with Crippen LogP contribution in [0.15, 0.2) is 48.8 Å². The van der Waals surface area contributed by atoms with Crippen molar-refractivity contribution in [2.24, 2.45) is 0 Å². The lowest BCUT2D eigenvalue weighted by Gasteiger charge is -2.36. The maximum Gasteiger partial charge on any atom is 0.222 e. The van der Waals surface area contributed by atoms with E-state index in [2.05, 4.69) is 33.1 Å². The van der Waals surface area contributed by atoms with E-state index in [1.54, 1.807) is 11.3 Å². The van der Waals surface area contributed by atoms with E-state index in [0.717, 1.165) is 51.0 Å². The molecule has 0 saturated carbocycles. The highest BCUT2D eigenvalue weighted by atomic mass is 32.1. The quantitative estimate of drug-likeness (QED) is 0.611. The summed E-state index contributed by atoms with van der Waals surface area (Å²) in [4.78, 5) is 25.5. The fraction of sp³-hybridized carbons (Fsp3) is 0.381. The SMILES string of the molecule is O=C(CCCCc1nc2ccccc2s1)N1CCN(c2ccncc2)CC1. The molecule has 27 heavy (non-hydrogen) atoms. The first-order valence-corrected chi connectivity index (χ1v) is 10.4. The van der Waals surface area contributed by atoms with Gasteiger partial charge in [0.05, 0.1) is 15.2 Å². The number of anilines is 1. The Morgan fingerprint density at radius 2 is 1.78 bits per heavy atom. The number of benzene rings is 1. The topological polar surface area (TPSA) is 49.3 Å². The van der Waals surface area contributed by atoms with Gasteiger partial charge in [-0.05, 0) is 43.5 Å². The highest BCUT2D eigenvalue weighted by Gasteiger charge is 2.20. The molecule has 1 amide bonds. The predicted octanol–water partition coefficient (Wildman–Crippen LogP) is 3.75. The third-order valence-electron chi connectivity index (χ3n) is 5.03. The van der Waals surface area contributed by atoms with Crippen molar-refractivity contribution in [1.82, 2.24) is 14.9 Å². The lowest BCUT2D eigenvalue weighted by atomic mass is 10.1. The number of nitrogens with zero attached hydrogens (tertiary/aromatic N) is 4. The first-order chi connectivity index (χ1) is 13.3. The molecule has 0 N–H and O–H groups in total. The van der Waals surface area contributed by atoms with Crippen LogP contribution >= 0.6 is 11.3 Å². The lowest BCUT2D eigenvalue weighted by molar-refractivity contribution is -0.131. The van der Waals surface area contributed by atoms with Crippen molar-refractivity contribution in [1.29, 1.82) is 0 Å². The van der Waals surface area contributed by atoms with Gasteiger partial charge in [0.2, 0.25) is 5.91 Å². The summed E-state index contributed by atoms with van der Waals surface area (Å²) in [5.74, 6) is 0.286. The molecular weight excluding hydrogens is 356 g/mol. The lowest BCUT2D eigenvalue weighted by Crippen LogP contribution is -2.48. The number of carbonyl (C=O) groups is 1. The Morgan fingerprint density at radius 1 is 1.00 bits per heavy atom. The molecule has 0 spiro atoms. The van der Waals surface area contributed by atoms with Gasteiger partial charge in [0.15, 0.2) is 0 Å². The first-order valence-electron chi connectivity index (χ1n) is 9.57. The van der Waals surface area contributed by atoms with Crippen molar-refractivity contribution in [3.8, 4) is 0 Å². The number of aryl methyl sites for hydroxylation is 1. The van der Waals surface area contributed by atoms with Gasteiger partial charge in [-0.25, -0.2) is 4.98 Å². The molecule has 3 aromatic rings. The van der Waals surface area contributed by atoms with E-state index in [-0.39, 0.29) is 5.91 Å². The van der Waals surface area contributed by atoms with E-state index >= 15 is 0 Å². The minimum absolute atomic E-state index is 0.286. The molecule has 0 radical (unpaired) electrons. The standard InChI is InChI=1S/C21H24N4OS/c26-21(25-15-13-24(14-16-25)17-9-11-22-12-10-17)8-4-3-7-20-23-18-5-1-2-6-19(18)27-20/h1-2,5-6,9-12H,3-4,7-8,13-16H2. The number of hydrogen-bond acceptors (Lipinski definition) is 5. The number of unbranched alkanes of at least 4 members (excludes halogenated alkanes) is 1. The van der Waals surface area contributed by atoms with Gasteiger partial charge >= 0.3 is 0 Å². The van der Waals surface area contributed by atoms with Crippen LogP contribution in [0.5, 0.6) is 0 Å². The number of piperazine rings is 1. The zero-order valence-electron chi connectivity index (χ0n) is 15.4. The first kappa shape index (κ1) is 17.9. The molecule has 0 aliphatic carbocycles. The van der Waals surface area contributed by atoms with E-state index in [4.69, 9.17) is 0 Å². The molecule has 1 fully saturated rings. The minimum atomic E-state index is 0.286. The summed E-state index contributed by atoms with van der Waals surface area (Å²) in [6, 6.07) is 12.3. The molecule has 1 aliphatic heterocycles. The van der Waals surface area contributed by atoms with Gasteiger partial charge in [-0.2, -0.15) is 0 Å². The predicted molar refractivity (Wildman–Crippen MR) is 110 cm³/mol. The monoisotopic (exact) mass is 380 g/mol. The number of pyridine rings is 1. The Bertz CT molecular complexity index is 854. The Labute approximate surface area is 163 Å². The van der Waals surface area contributed by atoms with E-state index in [9.17, 15) is 4.79 Å². The summed E-state index contributed by atoms with van der Waals surface area (Å²) < 4.78 is 1.25. The van der Waals surface area contributed by atoms with Crippen LogP contribution in [0.2, 0.25) is 0 Å². The summed E-state index contributed by atoms with van der Waals surface area (Å²) in [5.41, 5.74) is 2.27. The number of para-hydroxylation sites is 1. The van der Waals surface area contributed by atoms with Gasteiger partial charge < -0.3 is 9.80 Å². The second kappa shape index (κ2) is 8.48. The molecular formula is C21H24N4OS. The number of fused-ring (bicyclic) bond motifs is 1. The molecule has 3 heterocycles. The summed E-state index contributed by atoms with van der Waals surface area (Å²) in [6.45, 7) is 3.39. The molecule has 0 unspecified atom stereocenters. The molecule has 1 aromatic carbocycles. The van der Waals surface area contributed by atoms with Crippen molar-refractivity contribution in [2.75, 3.05) is 31.1 Å². The average molecular weight is 381 g/mol. The molecule has 140 valence electrons. The minimum Gasteiger partial charge on any atom is -0.368 e. The molecule has 1 aliphatic rings. The number of hydrogen-bond donors (Lipinski definition) is 0. The zero-order valence-corrected chi connectivity index (χ0v) is 16.2. The highest BCUT2D eigenvalue weighted by Crippen LogP contribution is 2.23. The van der Waals surface area contributed by atoms with Gasteiger partial charge in [0.1, 0.15) is 0 Å². The third kappa shape index (κ3) is 4.45. The molecule has 1 saturated heterocycles. The van der Waals surface area contributed by atoms with Gasteiger partial charge in [-0.1, -0.05) is 12.1 Å². The Kier molecular flexibility index (Phi) is 5.63. The van der Waals surface area contributed by atoms with E-state index in [0.29, 0.717) is 6.42 Å². The van der Waals surface area contributed by atoms with Gasteiger partial charge in [-0.15, -0.1) is 11.3 Å². The molecule has 5 nitrogen and oxygen atoms in total. The van der Waals surface area contributed by atoms with Crippen LogP contribution in [-0.4, -0.2) is 47.0 Å². The zero-order chi connectivity index (χ0) is 18.5. The van der Waals surface area contributed by atoms with E-state index in [1.807, 2.05) is 35.5 Å². The number of rotatable bonds is 6. The molecule has 0 bridgehead atoms. The van der Waals surface area contributed by atoms with Crippen molar-refractivity contribution < 1.29 is 4.79 Å². The molecule has 6 heteroatoms. The Balaban J connectivity index is 1.19. The molecule has 4 rings (SSSR count). The Morgan fingerprint density at radius 3 is 2.56 bits per heavy atom. The molecule has 2 aromatic heterocycles. The van der Waals surface area contributed by atoms with Crippen LogP contribution in [0, 0.1) is 0 Å². The second-order valence-electron chi connectivity index (χ2n) is 6.86. The van der Waals surface area contributed by atoms with Crippen molar-refractivity contribution in [3.05, 3.63) is 53.8 Å². The van der Waals surface area contributed by atoms with Crippen LogP contribution in [0.4, 0.5) is 5.69 Å². The molecule has 0 atom stereocenters. The number of aromatic nitrogens is 2. The summed E-state index contributed by atoms with van der Waals surface area (Å²) in [5, 5.41) is 1.18. The number of carbonyl (C=O) groups excluding carboxylic acids is 1. The van der Waals surface area contributed by atoms with Gasteiger partial charge in [-0.3, -0.25) is 9.78 Å². The number of thiazole rings is 1. The largest absolute Gasteiger partial charge is 0.368 e. The fourth-order valence-corrected chi connectivity index (χ4v) is 4.52. The third-order valence-corrected chi connectivity index (χ3v) is 6.13. The van der Waals surface area contributed by atoms with Crippen LogP contribution in [0.25, 0.3) is 10.2 Å². The van der Waals surface area contributed by atoms with Crippen LogP contribution < -0.4 is 4.90 Å². The smallest absolute Gasteiger partial charge is 0.222 e. The highest BCUT2D eigenvalue weighted by molar-refractivity contribution is 7.18. The second-order valence-corrected chi connectivity index (χ2v) is 7.97. The van der Waals surface area contributed by atoms with Gasteiger partial charge in [0, 0.05) is 50.7 Å². The Hall–Kier alpha value is -2.47. The number of amides is 1. The summed E-state index contributed by atoms with van der Waals surface area (Å²) in [7, 11) is 0. The average Bonchev–Trinajstić information content (AvgIpc) is 3.15. The van der Waals surface area contributed by atoms with E-state index < -0.39 is 0 Å². The van der Waals surface area contributed by atoms with Gasteiger partial charge in [0.25, 0.3) is 0 Å². The van der Waals surface area contributed by atoms with Crippen LogP contribution in [-0.2, 0) is 11.2 Å². The maximum absolute atomic E-state index is 12.5. The van der Waals surface area contributed by atoms with Crippen LogP contribution in [0.1, 0.15) is 24.3 Å². The maximum atomic E-state index is 12.5. The summed E-state index contributed by atoms with van der Waals surface area (Å²) >= 11 is 1.77. The van der Waals surface area contributed by atoms with Crippen LogP contribution in [0.3, 0.4) is 0 Å². The van der Waals surface area contributed by atoms with Crippen molar-refractivity contribution in [3.63, 3.8) is 0 Å². The van der Waals surface area contributed by atoms with Crippen molar-refractivity contribution in [2.45, 2.75) is 25.7 Å².